The quantitative estimate of drug-likeness (QED) is 0.606. The van der Waals surface area contributed by atoms with E-state index in [1.165, 1.54) is 31.2 Å². The summed E-state index contributed by atoms with van der Waals surface area (Å²) < 4.78 is 24.8. The van der Waals surface area contributed by atoms with Crippen molar-refractivity contribution in [1.29, 1.82) is 0 Å². The van der Waals surface area contributed by atoms with Crippen LogP contribution in [0.15, 0.2) is 59.5 Å². The van der Waals surface area contributed by atoms with Gasteiger partial charge in [-0.3, -0.25) is 14.4 Å². The fourth-order valence-corrected chi connectivity index (χ4v) is 3.87. The minimum atomic E-state index is -3.63. The van der Waals surface area contributed by atoms with Gasteiger partial charge in [0.2, 0.25) is 11.8 Å². The molecular formula is C19H21N3O5S. The predicted octanol–water partition coefficient (Wildman–Crippen LogP) is 1.09. The minimum absolute atomic E-state index is 0.126. The maximum absolute atomic E-state index is 12.5. The number of rotatable bonds is 8. The van der Waals surface area contributed by atoms with Crippen LogP contribution in [0.4, 0.5) is 5.69 Å². The molecule has 0 radical (unpaired) electrons. The standard InChI is InChI=1S/C19H21N3O5S/c1-13(23)21-16-10-6-5-9-15(16)19(25)22-17(18(20)24)11-12-28(26,27)14-7-3-2-4-8-14/h2-10,17H,11-12H2,1H3,(H2,20,24)(H,21,23)(H,22,25)/t17-/m0/s1. The van der Waals surface area contributed by atoms with Gasteiger partial charge < -0.3 is 16.4 Å². The van der Waals surface area contributed by atoms with Crippen molar-refractivity contribution in [3.05, 3.63) is 60.2 Å². The normalized spacial score (nSPS) is 12.0. The summed E-state index contributed by atoms with van der Waals surface area (Å²) in [6.45, 7) is 1.30. The molecule has 0 aliphatic carbocycles. The topological polar surface area (TPSA) is 135 Å². The third kappa shape index (κ3) is 5.65. The maximum Gasteiger partial charge on any atom is 0.254 e. The van der Waals surface area contributed by atoms with Gasteiger partial charge in [0.15, 0.2) is 9.84 Å². The zero-order chi connectivity index (χ0) is 20.7. The van der Waals surface area contributed by atoms with E-state index in [9.17, 15) is 22.8 Å². The van der Waals surface area contributed by atoms with Crippen molar-refractivity contribution in [3.63, 3.8) is 0 Å². The lowest BCUT2D eigenvalue weighted by atomic mass is 10.1. The lowest BCUT2D eigenvalue weighted by Crippen LogP contribution is -2.45. The van der Waals surface area contributed by atoms with Crippen LogP contribution in [-0.4, -0.2) is 37.9 Å². The van der Waals surface area contributed by atoms with Crippen molar-refractivity contribution in [1.82, 2.24) is 5.32 Å². The number of carbonyl (C=O) groups excluding carboxylic acids is 3. The zero-order valence-electron chi connectivity index (χ0n) is 15.2. The van der Waals surface area contributed by atoms with Gasteiger partial charge in [0.1, 0.15) is 6.04 Å². The summed E-state index contributed by atoms with van der Waals surface area (Å²) >= 11 is 0. The minimum Gasteiger partial charge on any atom is -0.368 e. The maximum atomic E-state index is 12.5. The van der Waals surface area contributed by atoms with Crippen LogP contribution in [0.5, 0.6) is 0 Å². The van der Waals surface area contributed by atoms with Gasteiger partial charge >= 0.3 is 0 Å². The molecule has 0 spiro atoms. The van der Waals surface area contributed by atoms with E-state index in [1.807, 2.05) is 0 Å². The molecule has 0 heterocycles. The van der Waals surface area contributed by atoms with Crippen LogP contribution in [0.25, 0.3) is 0 Å². The lowest BCUT2D eigenvalue weighted by Gasteiger charge is -2.17. The Morgan fingerprint density at radius 3 is 2.21 bits per heavy atom. The van der Waals surface area contributed by atoms with E-state index in [0.29, 0.717) is 0 Å². The summed E-state index contributed by atoms with van der Waals surface area (Å²) in [5.41, 5.74) is 5.74. The van der Waals surface area contributed by atoms with E-state index < -0.39 is 27.7 Å². The Bertz CT molecular complexity index is 974. The Balaban J connectivity index is 2.12. The molecule has 0 saturated heterocycles. The SMILES string of the molecule is CC(=O)Nc1ccccc1C(=O)N[C@@H](CCS(=O)(=O)c1ccccc1)C(N)=O. The first-order chi connectivity index (χ1) is 13.2. The summed E-state index contributed by atoms with van der Waals surface area (Å²) in [6, 6.07) is 12.9. The number of nitrogens with one attached hydrogen (secondary N) is 2. The Morgan fingerprint density at radius 2 is 1.61 bits per heavy atom. The molecule has 0 unspecified atom stereocenters. The highest BCUT2D eigenvalue weighted by Gasteiger charge is 2.24. The van der Waals surface area contributed by atoms with E-state index >= 15 is 0 Å². The predicted molar refractivity (Wildman–Crippen MR) is 104 cm³/mol. The molecule has 0 saturated carbocycles. The fraction of sp³-hybridized carbons (Fsp3) is 0.211. The van der Waals surface area contributed by atoms with E-state index in [2.05, 4.69) is 10.6 Å². The van der Waals surface area contributed by atoms with Crippen molar-refractivity contribution in [2.45, 2.75) is 24.3 Å². The second-order valence-corrected chi connectivity index (χ2v) is 8.18. The average Bonchev–Trinajstić information content (AvgIpc) is 2.65. The number of para-hydroxylation sites is 1. The molecule has 2 rings (SSSR count). The van der Waals surface area contributed by atoms with Gasteiger partial charge in [-0.15, -0.1) is 0 Å². The highest BCUT2D eigenvalue weighted by atomic mass is 32.2. The van der Waals surface area contributed by atoms with E-state index in [-0.39, 0.29) is 34.2 Å². The number of hydrogen-bond acceptors (Lipinski definition) is 5. The van der Waals surface area contributed by atoms with Crippen LogP contribution < -0.4 is 16.4 Å². The van der Waals surface area contributed by atoms with Gasteiger partial charge in [0.05, 0.1) is 21.9 Å². The molecular weight excluding hydrogens is 382 g/mol. The van der Waals surface area contributed by atoms with Crippen LogP contribution >= 0.6 is 0 Å². The number of sulfone groups is 1. The first-order valence-electron chi connectivity index (χ1n) is 8.45. The van der Waals surface area contributed by atoms with Crippen molar-refractivity contribution in [2.24, 2.45) is 5.73 Å². The Morgan fingerprint density at radius 1 is 1.00 bits per heavy atom. The molecule has 0 fully saturated rings. The van der Waals surface area contributed by atoms with Crippen molar-refractivity contribution >= 4 is 33.2 Å². The number of primary amides is 1. The summed E-state index contributed by atoms with van der Waals surface area (Å²) in [6.07, 6.45) is -0.180. The van der Waals surface area contributed by atoms with Gasteiger partial charge in [0, 0.05) is 6.92 Å². The van der Waals surface area contributed by atoms with Gasteiger partial charge in [0.25, 0.3) is 5.91 Å². The number of hydrogen-bond donors (Lipinski definition) is 3. The highest BCUT2D eigenvalue weighted by Crippen LogP contribution is 2.16. The van der Waals surface area contributed by atoms with Crippen LogP contribution in [0.1, 0.15) is 23.7 Å². The molecule has 3 amide bonds. The van der Waals surface area contributed by atoms with Crippen LogP contribution in [0.3, 0.4) is 0 Å². The van der Waals surface area contributed by atoms with Crippen molar-refractivity contribution in [2.75, 3.05) is 11.1 Å². The van der Waals surface area contributed by atoms with Crippen molar-refractivity contribution < 1.29 is 22.8 Å². The second-order valence-electron chi connectivity index (χ2n) is 6.08. The summed E-state index contributed by atoms with van der Waals surface area (Å²) in [5, 5.41) is 4.96. The van der Waals surface area contributed by atoms with E-state index in [0.717, 1.165) is 0 Å². The molecule has 0 aliphatic rings. The number of amides is 3. The Labute approximate surface area is 163 Å². The monoisotopic (exact) mass is 403 g/mol. The fourth-order valence-electron chi connectivity index (χ4n) is 2.52. The largest absolute Gasteiger partial charge is 0.368 e. The number of anilines is 1. The van der Waals surface area contributed by atoms with Crippen LogP contribution in [0.2, 0.25) is 0 Å². The van der Waals surface area contributed by atoms with Crippen LogP contribution in [-0.2, 0) is 19.4 Å². The first kappa shape index (κ1) is 21.1. The van der Waals surface area contributed by atoms with Crippen LogP contribution in [0, 0.1) is 0 Å². The second kappa shape index (κ2) is 9.14. The average molecular weight is 403 g/mol. The Hall–Kier alpha value is -3.20. The molecule has 28 heavy (non-hydrogen) atoms. The van der Waals surface area contributed by atoms with Crippen molar-refractivity contribution in [3.8, 4) is 0 Å². The molecule has 0 bridgehead atoms. The first-order valence-corrected chi connectivity index (χ1v) is 10.1. The lowest BCUT2D eigenvalue weighted by molar-refractivity contribution is -0.120. The third-order valence-corrected chi connectivity index (χ3v) is 5.67. The molecule has 9 heteroatoms. The molecule has 2 aromatic carbocycles. The molecule has 8 nitrogen and oxygen atoms in total. The number of benzene rings is 2. The number of carbonyl (C=O) groups is 3. The summed E-state index contributed by atoms with van der Waals surface area (Å²) in [5.74, 6) is -2.22. The molecule has 0 aromatic heterocycles. The molecule has 0 aliphatic heterocycles. The summed E-state index contributed by atoms with van der Waals surface area (Å²) in [7, 11) is -3.63. The van der Waals surface area contributed by atoms with Gasteiger partial charge in [-0.25, -0.2) is 8.42 Å². The zero-order valence-corrected chi connectivity index (χ0v) is 16.0. The van der Waals surface area contributed by atoms with Gasteiger partial charge in [-0.1, -0.05) is 30.3 Å². The molecule has 2 aromatic rings. The highest BCUT2D eigenvalue weighted by molar-refractivity contribution is 7.91. The van der Waals surface area contributed by atoms with E-state index in [1.54, 1.807) is 30.3 Å². The van der Waals surface area contributed by atoms with E-state index in [4.69, 9.17) is 5.73 Å². The Kier molecular flexibility index (Phi) is 6.89. The molecule has 148 valence electrons. The van der Waals surface area contributed by atoms with Gasteiger partial charge in [-0.2, -0.15) is 0 Å². The molecule has 1 atom stereocenters. The third-order valence-electron chi connectivity index (χ3n) is 3.91. The van der Waals surface area contributed by atoms with Gasteiger partial charge in [-0.05, 0) is 30.7 Å². The number of nitrogens with two attached hydrogens (primary N) is 1. The smallest absolute Gasteiger partial charge is 0.254 e. The summed E-state index contributed by atoms with van der Waals surface area (Å²) in [4.78, 5) is 35.7. The molecule has 4 N–H and O–H groups in total.